The Hall–Kier alpha value is -4.31. The van der Waals surface area contributed by atoms with Gasteiger partial charge in [-0.1, -0.05) is 36.4 Å². The zero-order valence-corrected chi connectivity index (χ0v) is 17.7. The molecule has 0 bridgehead atoms. The Labute approximate surface area is 186 Å². The Morgan fingerprint density at radius 2 is 1.72 bits per heavy atom. The van der Waals surface area contributed by atoms with Gasteiger partial charge in [0.2, 0.25) is 0 Å². The van der Waals surface area contributed by atoms with Crippen LogP contribution in [0.1, 0.15) is 15.9 Å². The van der Waals surface area contributed by atoms with Gasteiger partial charge in [-0.3, -0.25) is 9.59 Å². The molecule has 0 aliphatic rings. The summed E-state index contributed by atoms with van der Waals surface area (Å²) in [7, 11) is 1.56. The summed E-state index contributed by atoms with van der Waals surface area (Å²) < 4.78 is 10.6. The topological polar surface area (TPSA) is 91.7 Å². The molecule has 7 nitrogen and oxygen atoms in total. The molecule has 0 heterocycles. The van der Waals surface area contributed by atoms with Crippen molar-refractivity contribution >= 4 is 17.5 Å². The number of carbonyl (C=O) groups excluding carboxylic acids is 2. The number of ether oxygens (including phenoxy) is 2. The lowest BCUT2D eigenvalue weighted by Crippen LogP contribution is -2.30. The summed E-state index contributed by atoms with van der Waals surface area (Å²) in [6, 6.07) is 25.0. The summed E-state index contributed by atoms with van der Waals surface area (Å²) in [4.78, 5) is 26.4. The molecule has 7 heteroatoms. The molecular formula is C25H23N3O4. The second-order valence-corrected chi connectivity index (χ2v) is 6.90. The zero-order chi connectivity index (χ0) is 22.8. The van der Waals surface area contributed by atoms with Gasteiger partial charge in [0.05, 0.1) is 13.2 Å². The van der Waals surface area contributed by atoms with Crippen molar-refractivity contribution in [2.75, 3.05) is 25.6 Å². The minimum Gasteiger partial charge on any atom is -0.497 e. The van der Waals surface area contributed by atoms with Crippen LogP contribution in [0.25, 0.3) is 0 Å². The molecule has 0 spiro atoms. The first-order valence-electron chi connectivity index (χ1n) is 9.96. The molecule has 0 aromatic heterocycles. The number of carbonyl (C=O) groups is 2. The molecule has 0 saturated heterocycles. The van der Waals surface area contributed by atoms with Gasteiger partial charge in [-0.25, -0.2) is 0 Å². The van der Waals surface area contributed by atoms with E-state index in [0.717, 1.165) is 5.56 Å². The maximum Gasteiger partial charge on any atom is 0.262 e. The van der Waals surface area contributed by atoms with E-state index in [-0.39, 0.29) is 25.0 Å². The smallest absolute Gasteiger partial charge is 0.262 e. The van der Waals surface area contributed by atoms with Crippen molar-refractivity contribution in [3.63, 3.8) is 0 Å². The van der Waals surface area contributed by atoms with Crippen LogP contribution in [0.5, 0.6) is 11.5 Å². The molecule has 0 atom stereocenters. The third kappa shape index (κ3) is 6.34. The first-order valence-corrected chi connectivity index (χ1v) is 9.96. The van der Waals surface area contributed by atoms with Gasteiger partial charge in [0.15, 0.2) is 6.61 Å². The van der Waals surface area contributed by atoms with Crippen LogP contribution in [0.2, 0.25) is 0 Å². The zero-order valence-electron chi connectivity index (χ0n) is 17.7. The van der Waals surface area contributed by atoms with Crippen molar-refractivity contribution in [1.82, 2.24) is 4.90 Å². The molecule has 0 aliphatic carbocycles. The monoisotopic (exact) mass is 429 g/mol. The molecule has 3 aromatic rings. The quantitative estimate of drug-likeness (QED) is 0.521. The molecule has 162 valence electrons. The Bertz CT molecular complexity index is 1090. The van der Waals surface area contributed by atoms with Crippen molar-refractivity contribution in [1.29, 1.82) is 5.26 Å². The summed E-state index contributed by atoms with van der Waals surface area (Å²) in [6.45, 7) is 0.144. The fourth-order valence-electron chi connectivity index (χ4n) is 3.01. The minimum atomic E-state index is -0.318. The number of nitriles is 1. The van der Waals surface area contributed by atoms with Crippen LogP contribution in [0.3, 0.4) is 0 Å². The van der Waals surface area contributed by atoms with Gasteiger partial charge in [-0.05, 0) is 42.0 Å². The molecule has 0 saturated carbocycles. The number of hydrogen-bond acceptors (Lipinski definition) is 5. The Balaban J connectivity index is 1.56. The lowest BCUT2D eigenvalue weighted by molar-refractivity contribution is -0.118. The largest absolute Gasteiger partial charge is 0.497 e. The summed E-state index contributed by atoms with van der Waals surface area (Å²) in [5.74, 6) is 0.526. The number of amides is 2. The number of anilines is 1. The van der Waals surface area contributed by atoms with Crippen LogP contribution in [-0.2, 0) is 11.3 Å². The van der Waals surface area contributed by atoms with Crippen molar-refractivity contribution in [3.05, 3.63) is 90.0 Å². The lowest BCUT2D eigenvalue weighted by atomic mass is 10.1. The molecule has 0 fully saturated rings. The van der Waals surface area contributed by atoms with Crippen LogP contribution in [-0.4, -0.2) is 37.0 Å². The molecule has 3 rings (SSSR count). The minimum absolute atomic E-state index is 0.0174. The highest BCUT2D eigenvalue weighted by Gasteiger charge is 2.16. The lowest BCUT2D eigenvalue weighted by Gasteiger charge is -2.20. The second-order valence-electron chi connectivity index (χ2n) is 6.90. The SMILES string of the molecule is COc1cccc(NC(=O)COc2ccc(C(=O)N(CC#N)Cc3ccccc3)cc2)c1. The molecule has 0 radical (unpaired) electrons. The molecule has 0 aliphatic heterocycles. The van der Waals surface area contributed by atoms with Crippen molar-refractivity contribution in [2.24, 2.45) is 0 Å². The molecule has 0 unspecified atom stereocenters. The van der Waals surface area contributed by atoms with Crippen LogP contribution in [0, 0.1) is 11.3 Å². The summed E-state index contributed by atoms with van der Waals surface area (Å²) >= 11 is 0. The van der Waals surface area contributed by atoms with E-state index in [9.17, 15) is 9.59 Å². The number of nitrogens with one attached hydrogen (secondary N) is 1. The van der Waals surface area contributed by atoms with E-state index < -0.39 is 0 Å². The Kier molecular flexibility index (Phi) is 7.82. The van der Waals surface area contributed by atoms with E-state index >= 15 is 0 Å². The summed E-state index contributed by atoms with van der Waals surface area (Å²) in [5, 5.41) is 11.8. The van der Waals surface area contributed by atoms with Crippen LogP contribution in [0.15, 0.2) is 78.9 Å². The van der Waals surface area contributed by atoms with Crippen LogP contribution >= 0.6 is 0 Å². The summed E-state index contributed by atoms with van der Waals surface area (Å²) in [5.41, 5.74) is 1.98. The Morgan fingerprint density at radius 1 is 0.969 bits per heavy atom. The number of nitrogens with zero attached hydrogens (tertiary/aromatic N) is 2. The standard InChI is InChI=1S/C25H23N3O4/c1-31-23-9-5-8-21(16-23)27-24(29)18-32-22-12-10-20(11-13-22)25(30)28(15-14-26)17-19-6-3-2-4-7-19/h2-13,16H,15,17-18H2,1H3,(H,27,29). The average Bonchev–Trinajstić information content (AvgIpc) is 2.83. The maximum atomic E-state index is 12.8. The van der Waals surface area contributed by atoms with E-state index in [1.165, 1.54) is 4.90 Å². The van der Waals surface area contributed by atoms with E-state index in [4.69, 9.17) is 14.7 Å². The third-order valence-corrected chi connectivity index (χ3v) is 4.59. The molecule has 32 heavy (non-hydrogen) atoms. The van der Waals surface area contributed by atoms with Gasteiger partial charge in [0.1, 0.15) is 18.0 Å². The van der Waals surface area contributed by atoms with Gasteiger partial charge in [0.25, 0.3) is 11.8 Å². The number of rotatable bonds is 9. The third-order valence-electron chi connectivity index (χ3n) is 4.59. The van der Waals surface area contributed by atoms with E-state index in [2.05, 4.69) is 5.32 Å². The van der Waals surface area contributed by atoms with Gasteiger partial charge in [-0.15, -0.1) is 0 Å². The first kappa shape index (κ1) is 22.4. The van der Waals surface area contributed by atoms with Gasteiger partial charge in [0, 0.05) is 23.9 Å². The fraction of sp³-hybridized carbons (Fsp3) is 0.160. The van der Waals surface area contributed by atoms with Gasteiger partial charge in [-0.2, -0.15) is 5.26 Å². The average molecular weight is 429 g/mol. The molecular weight excluding hydrogens is 406 g/mol. The highest BCUT2D eigenvalue weighted by molar-refractivity contribution is 5.94. The highest BCUT2D eigenvalue weighted by Crippen LogP contribution is 2.18. The van der Waals surface area contributed by atoms with E-state index in [0.29, 0.717) is 29.3 Å². The fourth-order valence-corrected chi connectivity index (χ4v) is 3.01. The van der Waals surface area contributed by atoms with E-state index in [1.54, 1.807) is 55.6 Å². The highest BCUT2D eigenvalue weighted by atomic mass is 16.5. The van der Waals surface area contributed by atoms with Crippen LogP contribution in [0.4, 0.5) is 5.69 Å². The van der Waals surface area contributed by atoms with E-state index in [1.807, 2.05) is 36.4 Å². The van der Waals surface area contributed by atoms with Gasteiger partial charge < -0.3 is 19.7 Å². The van der Waals surface area contributed by atoms with Gasteiger partial charge >= 0.3 is 0 Å². The maximum absolute atomic E-state index is 12.8. The predicted octanol–water partition coefficient (Wildman–Crippen LogP) is 3.88. The Morgan fingerprint density at radius 3 is 2.41 bits per heavy atom. The molecule has 3 aromatic carbocycles. The first-order chi connectivity index (χ1) is 15.6. The summed E-state index contributed by atoms with van der Waals surface area (Å²) in [6.07, 6.45) is 0. The number of methoxy groups -OCH3 is 1. The van der Waals surface area contributed by atoms with Crippen molar-refractivity contribution < 1.29 is 19.1 Å². The van der Waals surface area contributed by atoms with Crippen molar-refractivity contribution in [2.45, 2.75) is 6.54 Å². The number of hydrogen-bond donors (Lipinski definition) is 1. The van der Waals surface area contributed by atoms with Crippen molar-refractivity contribution in [3.8, 4) is 17.6 Å². The second kappa shape index (κ2) is 11.2. The predicted molar refractivity (Wildman–Crippen MR) is 120 cm³/mol. The van der Waals surface area contributed by atoms with Crippen LogP contribution < -0.4 is 14.8 Å². The molecule has 2 amide bonds. The molecule has 1 N–H and O–H groups in total. The number of benzene rings is 3. The normalized spacial score (nSPS) is 10.0.